The minimum absolute atomic E-state index is 0.115. The highest BCUT2D eigenvalue weighted by Crippen LogP contribution is 2.21. The zero-order valence-corrected chi connectivity index (χ0v) is 17.6. The van der Waals surface area contributed by atoms with E-state index < -0.39 is 0 Å². The molecule has 0 atom stereocenters. The van der Waals surface area contributed by atoms with Gasteiger partial charge in [0.05, 0.1) is 5.71 Å². The number of hydrazone groups is 1. The molecule has 3 rings (SSSR count). The van der Waals surface area contributed by atoms with Gasteiger partial charge in [-0.3, -0.25) is 4.79 Å². The molecule has 0 unspecified atom stereocenters. The van der Waals surface area contributed by atoms with Crippen molar-refractivity contribution in [3.05, 3.63) is 106 Å². The summed E-state index contributed by atoms with van der Waals surface area (Å²) in [5, 5.41) is 4.30. The van der Waals surface area contributed by atoms with E-state index in [4.69, 9.17) is 4.74 Å². The lowest BCUT2D eigenvalue weighted by Gasteiger charge is -2.09. The average molecular weight is 449 g/mol. The summed E-state index contributed by atoms with van der Waals surface area (Å²) in [5.74, 6) is 0.341. The van der Waals surface area contributed by atoms with Gasteiger partial charge in [-0.1, -0.05) is 82.7 Å². The molecule has 4 nitrogen and oxygen atoms in total. The van der Waals surface area contributed by atoms with E-state index in [9.17, 15) is 4.79 Å². The Morgan fingerprint density at radius 2 is 1.72 bits per heavy atom. The third kappa shape index (κ3) is 6.43. The lowest BCUT2D eigenvalue weighted by Crippen LogP contribution is -2.26. The molecule has 3 aromatic carbocycles. The fourth-order valence-electron chi connectivity index (χ4n) is 2.62. The molecule has 0 spiro atoms. The summed E-state index contributed by atoms with van der Waals surface area (Å²) in [4.78, 5) is 12.2. The van der Waals surface area contributed by atoms with Crippen LogP contribution in [0.1, 0.15) is 16.7 Å². The van der Waals surface area contributed by atoms with Crippen LogP contribution < -0.4 is 10.2 Å². The zero-order chi connectivity index (χ0) is 20.5. The largest absolute Gasteiger partial charge is 0.483 e. The number of allylic oxidation sites excluding steroid dienone is 1. The molecule has 0 aliphatic carbocycles. The number of amides is 1. The van der Waals surface area contributed by atoms with Gasteiger partial charge in [0, 0.05) is 10.0 Å². The summed E-state index contributed by atoms with van der Waals surface area (Å²) < 4.78 is 6.57. The SMILES string of the molecule is Cc1cc(Br)ccc1OCC(=O)NN=C(/C=C/c1ccccc1)c1ccccc1. The molecule has 1 amide bonds. The molecule has 3 aromatic rings. The van der Waals surface area contributed by atoms with Crippen LogP contribution in [0.4, 0.5) is 0 Å². The molecule has 5 heteroatoms. The number of benzene rings is 3. The molecular weight excluding hydrogens is 428 g/mol. The lowest BCUT2D eigenvalue weighted by molar-refractivity contribution is -0.123. The molecule has 0 heterocycles. The van der Waals surface area contributed by atoms with Gasteiger partial charge in [0.15, 0.2) is 6.61 Å². The summed E-state index contributed by atoms with van der Waals surface area (Å²) in [7, 11) is 0. The third-order valence-electron chi connectivity index (χ3n) is 4.10. The van der Waals surface area contributed by atoms with Gasteiger partial charge < -0.3 is 4.74 Å². The zero-order valence-electron chi connectivity index (χ0n) is 16.0. The maximum absolute atomic E-state index is 12.2. The molecule has 0 bridgehead atoms. The van der Waals surface area contributed by atoms with Gasteiger partial charge >= 0.3 is 0 Å². The smallest absolute Gasteiger partial charge is 0.277 e. The first-order valence-corrected chi connectivity index (χ1v) is 9.95. The number of aryl methyl sites for hydroxylation is 1. The number of halogens is 1. The number of carbonyl (C=O) groups excluding carboxylic acids is 1. The molecule has 0 aromatic heterocycles. The van der Waals surface area contributed by atoms with Crippen LogP contribution in [-0.4, -0.2) is 18.2 Å². The fraction of sp³-hybridized carbons (Fsp3) is 0.0833. The lowest BCUT2D eigenvalue weighted by atomic mass is 10.1. The topological polar surface area (TPSA) is 50.7 Å². The maximum Gasteiger partial charge on any atom is 0.277 e. The van der Waals surface area contributed by atoms with Crippen LogP contribution in [0, 0.1) is 6.92 Å². The highest BCUT2D eigenvalue weighted by Gasteiger charge is 2.06. The van der Waals surface area contributed by atoms with E-state index in [-0.39, 0.29) is 12.5 Å². The van der Waals surface area contributed by atoms with Crippen molar-refractivity contribution in [2.45, 2.75) is 6.92 Å². The number of nitrogens with zero attached hydrogens (tertiary/aromatic N) is 1. The molecule has 1 N–H and O–H groups in total. The van der Waals surface area contributed by atoms with Crippen molar-refractivity contribution >= 4 is 33.6 Å². The van der Waals surface area contributed by atoms with Crippen LogP contribution in [0.2, 0.25) is 0 Å². The highest BCUT2D eigenvalue weighted by atomic mass is 79.9. The van der Waals surface area contributed by atoms with Crippen LogP contribution in [0.15, 0.2) is 94.5 Å². The van der Waals surface area contributed by atoms with Gasteiger partial charge in [0.1, 0.15) is 5.75 Å². The normalized spacial score (nSPS) is 11.4. The van der Waals surface area contributed by atoms with Crippen molar-refractivity contribution in [1.29, 1.82) is 0 Å². The van der Waals surface area contributed by atoms with Crippen LogP contribution in [0.3, 0.4) is 0 Å². The number of nitrogens with one attached hydrogen (secondary N) is 1. The minimum atomic E-state index is -0.325. The Hall–Kier alpha value is -3.18. The van der Waals surface area contributed by atoms with Gasteiger partial charge in [-0.15, -0.1) is 0 Å². The third-order valence-corrected chi connectivity index (χ3v) is 4.59. The molecule has 0 fully saturated rings. The number of hydrogen-bond donors (Lipinski definition) is 1. The first-order valence-electron chi connectivity index (χ1n) is 9.16. The van der Waals surface area contributed by atoms with Crippen molar-refractivity contribution < 1.29 is 9.53 Å². The first kappa shape index (κ1) is 20.6. The van der Waals surface area contributed by atoms with Gasteiger partial charge in [-0.05, 0) is 42.3 Å². The molecule has 0 saturated heterocycles. The Morgan fingerprint density at radius 1 is 1.03 bits per heavy atom. The van der Waals surface area contributed by atoms with Crippen LogP contribution in [0.5, 0.6) is 5.75 Å². The molecule has 0 radical (unpaired) electrons. The molecule has 146 valence electrons. The van der Waals surface area contributed by atoms with Gasteiger partial charge in [0.2, 0.25) is 0 Å². The van der Waals surface area contributed by atoms with E-state index >= 15 is 0 Å². The second-order valence-corrected chi connectivity index (χ2v) is 7.26. The summed E-state index contributed by atoms with van der Waals surface area (Å²) in [6.07, 6.45) is 3.84. The first-order chi connectivity index (χ1) is 14.1. The van der Waals surface area contributed by atoms with E-state index in [1.165, 1.54) is 0 Å². The molecule has 0 aliphatic heterocycles. The summed E-state index contributed by atoms with van der Waals surface area (Å²) in [5.41, 5.74) is 6.15. The Balaban J connectivity index is 1.68. The monoisotopic (exact) mass is 448 g/mol. The predicted octanol–water partition coefficient (Wildman–Crippen LogP) is 5.37. The van der Waals surface area contributed by atoms with Crippen molar-refractivity contribution in [3.63, 3.8) is 0 Å². The van der Waals surface area contributed by atoms with E-state index in [1.54, 1.807) is 0 Å². The van der Waals surface area contributed by atoms with E-state index in [1.807, 2.05) is 97.9 Å². The number of ether oxygens (including phenoxy) is 1. The number of carbonyl (C=O) groups is 1. The fourth-order valence-corrected chi connectivity index (χ4v) is 3.09. The summed E-state index contributed by atoms with van der Waals surface area (Å²) in [6.45, 7) is 1.81. The highest BCUT2D eigenvalue weighted by molar-refractivity contribution is 9.10. The quantitative estimate of drug-likeness (QED) is 0.390. The maximum atomic E-state index is 12.2. The van der Waals surface area contributed by atoms with Gasteiger partial charge in [-0.2, -0.15) is 5.10 Å². The van der Waals surface area contributed by atoms with Crippen LogP contribution in [-0.2, 0) is 4.79 Å². The van der Waals surface area contributed by atoms with Gasteiger partial charge in [-0.25, -0.2) is 5.43 Å². The molecule has 0 aliphatic rings. The Kier molecular flexibility index (Phi) is 7.36. The average Bonchev–Trinajstić information content (AvgIpc) is 2.74. The minimum Gasteiger partial charge on any atom is -0.483 e. The van der Waals surface area contributed by atoms with Crippen LogP contribution in [0.25, 0.3) is 6.08 Å². The molecule has 29 heavy (non-hydrogen) atoms. The van der Waals surface area contributed by atoms with Crippen molar-refractivity contribution in [2.24, 2.45) is 5.10 Å². The molecular formula is C24H21BrN2O2. The van der Waals surface area contributed by atoms with Crippen molar-refractivity contribution in [1.82, 2.24) is 5.43 Å². The molecule has 0 saturated carbocycles. The Bertz CT molecular complexity index is 1020. The predicted molar refractivity (Wildman–Crippen MR) is 121 cm³/mol. The van der Waals surface area contributed by atoms with E-state index in [2.05, 4.69) is 26.5 Å². The van der Waals surface area contributed by atoms with Crippen molar-refractivity contribution in [3.8, 4) is 5.75 Å². The standard InChI is InChI=1S/C24H21BrN2O2/c1-18-16-21(25)13-15-23(18)29-17-24(28)27-26-22(20-10-6-3-7-11-20)14-12-19-8-4-2-5-9-19/h2-16H,17H2,1H3,(H,27,28)/b14-12+,26-22?. The Labute approximate surface area is 179 Å². The number of rotatable bonds is 7. The Morgan fingerprint density at radius 3 is 2.41 bits per heavy atom. The summed E-state index contributed by atoms with van der Waals surface area (Å²) >= 11 is 3.41. The second-order valence-electron chi connectivity index (χ2n) is 6.34. The van der Waals surface area contributed by atoms with E-state index in [0.717, 1.165) is 21.2 Å². The van der Waals surface area contributed by atoms with E-state index in [0.29, 0.717) is 11.5 Å². The van der Waals surface area contributed by atoms with Crippen LogP contribution >= 0.6 is 15.9 Å². The van der Waals surface area contributed by atoms with Gasteiger partial charge in [0.25, 0.3) is 5.91 Å². The summed E-state index contributed by atoms with van der Waals surface area (Å²) in [6, 6.07) is 25.3. The second kappa shape index (κ2) is 10.4. The van der Waals surface area contributed by atoms with Crippen molar-refractivity contribution in [2.75, 3.05) is 6.61 Å². The number of hydrogen-bond acceptors (Lipinski definition) is 3.